The van der Waals surface area contributed by atoms with Crippen LogP contribution in [0.15, 0.2) is 97.2 Å². The Morgan fingerprint density at radius 3 is 2.38 bits per heavy atom. The van der Waals surface area contributed by atoms with Gasteiger partial charge in [-0.15, -0.1) is 35.7 Å². The van der Waals surface area contributed by atoms with E-state index in [1.54, 1.807) is 0 Å². The largest absolute Gasteiger partial charge is 2.00 e. The molecule has 48 heavy (non-hydrogen) atoms. The molecule has 0 aliphatic carbocycles. The molecule has 3 aromatic heterocycles. The molecule has 0 atom stereocenters. The molecule has 5 nitrogen and oxygen atoms in total. The number of aromatic nitrogens is 4. The first-order valence-electron chi connectivity index (χ1n) is 16.7. The van der Waals surface area contributed by atoms with Crippen LogP contribution in [0, 0.1) is 31.9 Å². The molecule has 6 heteroatoms. The number of hydrogen-bond acceptors (Lipinski definition) is 3. The first-order chi connectivity index (χ1) is 22.9. The predicted molar refractivity (Wildman–Crippen MR) is 192 cm³/mol. The minimum Gasteiger partial charge on any atom is -0.509 e. The quantitative estimate of drug-likeness (QED) is 0.129. The summed E-state index contributed by atoms with van der Waals surface area (Å²) in [4.78, 5) is 4.85. The zero-order valence-electron chi connectivity index (χ0n) is 28.2. The van der Waals surface area contributed by atoms with E-state index in [4.69, 9.17) is 14.8 Å². The Bertz CT molecular complexity index is 2200. The van der Waals surface area contributed by atoms with E-state index in [0.29, 0.717) is 17.4 Å². The standard InChI is InChI=1S/C42H40N4O.Pt/c1-6-11-31-18-21-39-38(24-31)37-20-19-36(27-40(37)45(39)41-25-32(22-23-43-41)17-16-28(2)3)47-35-15-10-14-34(26-35)46-30(5)42(29(4)44-46)33-12-8-7-9-13-33;/h7-10,12-15,18-25,28H,6,11,16-17H2,1-5H3;/q-2;+2. The summed E-state index contributed by atoms with van der Waals surface area (Å²) in [5.41, 5.74) is 9.85. The van der Waals surface area contributed by atoms with Gasteiger partial charge in [0.25, 0.3) is 0 Å². The van der Waals surface area contributed by atoms with Gasteiger partial charge in [0.2, 0.25) is 0 Å². The molecule has 0 bridgehead atoms. The van der Waals surface area contributed by atoms with Crippen LogP contribution in [0.25, 0.3) is 44.4 Å². The van der Waals surface area contributed by atoms with Crippen molar-refractivity contribution in [2.24, 2.45) is 5.92 Å². The molecule has 7 aromatic rings. The van der Waals surface area contributed by atoms with Crippen LogP contribution in [0.5, 0.6) is 11.5 Å². The van der Waals surface area contributed by atoms with Gasteiger partial charge in [0.05, 0.1) is 5.69 Å². The number of ether oxygens (including phenoxy) is 1. The topological polar surface area (TPSA) is 44.9 Å². The fraction of sp³-hybridized carbons (Fsp3) is 0.238. The molecule has 4 aromatic carbocycles. The zero-order valence-corrected chi connectivity index (χ0v) is 30.4. The van der Waals surface area contributed by atoms with Crippen LogP contribution < -0.4 is 4.74 Å². The van der Waals surface area contributed by atoms with Crippen LogP contribution >= 0.6 is 0 Å². The van der Waals surface area contributed by atoms with Gasteiger partial charge in [-0.2, -0.15) is 17.2 Å². The van der Waals surface area contributed by atoms with Crippen LogP contribution in [0.4, 0.5) is 0 Å². The average Bonchev–Trinajstić information content (AvgIpc) is 3.56. The van der Waals surface area contributed by atoms with E-state index in [-0.39, 0.29) is 21.1 Å². The van der Waals surface area contributed by atoms with Crippen molar-refractivity contribution in [2.75, 3.05) is 0 Å². The molecule has 0 saturated carbocycles. The predicted octanol–water partition coefficient (Wildman–Crippen LogP) is 10.6. The molecular formula is C42H40N4OPt. The number of benzene rings is 4. The molecule has 0 saturated heterocycles. The summed E-state index contributed by atoms with van der Waals surface area (Å²) in [6.45, 7) is 10.9. The van der Waals surface area contributed by atoms with E-state index in [1.807, 2.05) is 41.2 Å². The molecule has 0 amide bonds. The van der Waals surface area contributed by atoms with Crippen molar-refractivity contribution in [1.82, 2.24) is 19.3 Å². The molecule has 0 radical (unpaired) electrons. The van der Waals surface area contributed by atoms with Crippen molar-refractivity contribution in [3.8, 4) is 34.1 Å². The van der Waals surface area contributed by atoms with Crippen LogP contribution in [-0.4, -0.2) is 19.3 Å². The zero-order chi connectivity index (χ0) is 32.5. The van der Waals surface area contributed by atoms with E-state index in [9.17, 15) is 0 Å². The van der Waals surface area contributed by atoms with Gasteiger partial charge in [-0.05, 0) is 85.0 Å². The molecule has 0 spiro atoms. The maximum atomic E-state index is 6.46. The fourth-order valence-electron chi connectivity index (χ4n) is 6.54. The summed E-state index contributed by atoms with van der Waals surface area (Å²) in [5.74, 6) is 2.77. The second-order valence-corrected chi connectivity index (χ2v) is 12.8. The number of rotatable bonds is 10. The monoisotopic (exact) mass is 811 g/mol. The number of fused-ring (bicyclic) bond motifs is 3. The summed E-state index contributed by atoms with van der Waals surface area (Å²) >= 11 is 0. The van der Waals surface area contributed by atoms with Gasteiger partial charge in [-0.1, -0.05) is 75.2 Å². The Morgan fingerprint density at radius 1 is 0.792 bits per heavy atom. The Kier molecular flexibility index (Phi) is 9.98. The van der Waals surface area contributed by atoms with Gasteiger partial charge >= 0.3 is 21.1 Å². The Hall–Kier alpha value is -4.47. The number of hydrogen-bond donors (Lipinski definition) is 0. The molecule has 3 heterocycles. The summed E-state index contributed by atoms with van der Waals surface area (Å²) in [5, 5.41) is 7.21. The van der Waals surface area contributed by atoms with Gasteiger partial charge < -0.3 is 9.30 Å². The molecule has 7 rings (SSSR count). The van der Waals surface area contributed by atoms with E-state index >= 15 is 0 Å². The Balaban J connectivity index is 0.00000401. The van der Waals surface area contributed by atoms with Crippen LogP contribution in [0.1, 0.15) is 56.1 Å². The van der Waals surface area contributed by atoms with Crippen molar-refractivity contribution in [1.29, 1.82) is 0 Å². The number of pyridine rings is 1. The molecule has 0 fully saturated rings. The van der Waals surface area contributed by atoms with Crippen LogP contribution in [0.3, 0.4) is 0 Å². The van der Waals surface area contributed by atoms with Gasteiger partial charge in [0.1, 0.15) is 5.82 Å². The summed E-state index contributed by atoms with van der Waals surface area (Å²) in [7, 11) is 0. The van der Waals surface area contributed by atoms with Crippen molar-refractivity contribution in [3.05, 3.63) is 132 Å². The second-order valence-electron chi connectivity index (χ2n) is 12.8. The van der Waals surface area contributed by atoms with Crippen LogP contribution in [-0.2, 0) is 33.9 Å². The summed E-state index contributed by atoms with van der Waals surface area (Å²) < 4.78 is 10.6. The Labute approximate surface area is 297 Å². The fourth-order valence-corrected chi connectivity index (χ4v) is 6.54. The van der Waals surface area contributed by atoms with E-state index in [1.165, 1.54) is 16.5 Å². The minimum absolute atomic E-state index is 0. The van der Waals surface area contributed by atoms with Crippen molar-refractivity contribution < 1.29 is 25.8 Å². The minimum atomic E-state index is 0. The van der Waals surface area contributed by atoms with Crippen molar-refractivity contribution in [3.63, 3.8) is 0 Å². The molecule has 0 unspecified atom stereocenters. The average molecular weight is 812 g/mol. The maximum absolute atomic E-state index is 6.46. The maximum Gasteiger partial charge on any atom is 2.00 e. The molecule has 0 N–H and O–H groups in total. The van der Waals surface area contributed by atoms with E-state index in [2.05, 4.69) is 112 Å². The van der Waals surface area contributed by atoms with E-state index in [0.717, 1.165) is 76.1 Å². The molecule has 0 aliphatic heterocycles. The van der Waals surface area contributed by atoms with Crippen LogP contribution in [0.2, 0.25) is 0 Å². The first-order valence-corrected chi connectivity index (χ1v) is 16.7. The number of aryl methyl sites for hydroxylation is 3. The molecular weight excluding hydrogens is 772 g/mol. The SMILES string of the molecule is CCCc1ccc2c(c1)c1ccc(Oc3[c-]c(-n4nc(C)c(-c5ccccc5)c4C)ccc3)[c-]c1n2-c1cc(CCC(C)C)ccn1.[Pt+2]. The smallest absolute Gasteiger partial charge is 0.509 e. The third-order valence-electron chi connectivity index (χ3n) is 8.86. The van der Waals surface area contributed by atoms with Crippen molar-refractivity contribution in [2.45, 2.75) is 60.3 Å². The summed E-state index contributed by atoms with van der Waals surface area (Å²) in [6.07, 6.45) is 6.25. The summed E-state index contributed by atoms with van der Waals surface area (Å²) in [6, 6.07) is 38.7. The molecule has 244 valence electrons. The second kappa shape index (κ2) is 14.3. The van der Waals surface area contributed by atoms with Gasteiger partial charge in [-0.3, -0.25) is 4.68 Å². The third kappa shape index (κ3) is 6.62. The van der Waals surface area contributed by atoms with Gasteiger partial charge in [-0.25, -0.2) is 4.98 Å². The first kappa shape index (κ1) is 33.4. The molecule has 0 aliphatic rings. The third-order valence-corrected chi connectivity index (χ3v) is 8.86. The Morgan fingerprint density at radius 2 is 1.58 bits per heavy atom. The van der Waals surface area contributed by atoms with Crippen molar-refractivity contribution >= 4 is 21.8 Å². The normalized spacial score (nSPS) is 11.4. The van der Waals surface area contributed by atoms with Gasteiger partial charge in [0.15, 0.2) is 0 Å². The number of nitrogens with zero attached hydrogens (tertiary/aromatic N) is 4. The van der Waals surface area contributed by atoms with Gasteiger partial charge in [0, 0.05) is 34.5 Å². The van der Waals surface area contributed by atoms with E-state index < -0.39 is 0 Å².